The fourth-order valence-corrected chi connectivity index (χ4v) is 2.02. The third-order valence-corrected chi connectivity index (χ3v) is 2.81. The highest BCUT2D eigenvalue weighted by molar-refractivity contribution is 7.16. The van der Waals surface area contributed by atoms with E-state index in [1.807, 2.05) is 24.3 Å². The van der Waals surface area contributed by atoms with E-state index >= 15 is 0 Å². The summed E-state index contributed by atoms with van der Waals surface area (Å²) in [6, 6.07) is 9.53. The van der Waals surface area contributed by atoms with Crippen molar-refractivity contribution in [3.8, 4) is 5.75 Å². The summed E-state index contributed by atoms with van der Waals surface area (Å²) in [5.41, 5.74) is 0. The molecule has 0 aliphatic rings. The average Bonchev–Trinajstić information content (AvgIpc) is 2.17. The SMILES string of the molecule is COc1cc2ccccc2sc1=O. The number of benzene rings is 1. The van der Waals surface area contributed by atoms with E-state index in [9.17, 15) is 4.79 Å². The molecule has 0 atom stereocenters. The third-order valence-electron chi connectivity index (χ3n) is 1.83. The van der Waals surface area contributed by atoms with E-state index < -0.39 is 0 Å². The first-order chi connectivity index (χ1) is 6.31. The quantitative estimate of drug-likeness (QED) is 0.692. The molecule has 1 aromatic carbocycles. The van der Waals surface area contributed by atoms with Gasteiger partial charge in [0.15, 0.2) is 5.75 Å². The lowest BCUT2D eigenvalue weighted by atomic mass is 10.2. The van der Waals surface area contributed by atoms with Crippen molar-refractivity contribution in [3.63, 3.8) is 0 Å². The Morgan fingerprint density at radius 1 is 1.31 bits per heavy atom. The van der Waals surface area contributed by atoms with Gasteiger partial charge in [-0.05, 0) is 17.5 Å². The fraction of sp³-hybridized carbons (Fsp3) is 0.100. The first-order valence-corrected chi connectivity index (χ1v) is 4.70. The van der Waals surface area contributed by atoms with E-state index in [0.717, 1.165) is 10.1 Å². The molecule has 0 unspecified atom stereocenters. The Labute approximate surface area is 79.4 Å². The zero-order valence-corrected chi connectivity index (χ0v) is 7.93. The fourth-order valence-electron chi connectivity index (χ4n) is 1.19. The molecule has 66 valence electrons. The molecule has 0 spiro atoms. The second-order valence-corrected chi connectivity index (χ2v) is 3.65. The number of hydrogen-bond acceptors (Lipinski definition) is 3. The molecule has 1 aromatic heterocycles. The first kappa shape index (κ1) is 8.26. The summed E-state index contributed by atoms with van der Waals surface area (Å²) < 4.78 is 5.92. The minimum Gasteiger partial charge on any atom is -0.492 e. The van der Waals surface area contributed by atoms with Crippen molar-refractivity contribution in [2.75, 3.05) is 7.11 Å². The Morgan fingerprint density at radius 2 is 2.08 bits per heavy atom. The molecule has 2 rings (SSSR count). The van der Waals surface area contributed by atoms with E-state index in [-0.39, 0.29) is 4.74 Å². The number of hydrogen-bond donors (Lipinski definition) is 0. The maximum absolute atomic E-state index is 11.4. The van der Waals surface area contributed by atoms with Gasteiger partial charge in [0.05, 0.1) is 7.11 Å². The lowest BCUT2D eigenvalue weighted by molar-refractivity contribution is 0.413. The summed E-state index contributed by atoms with van der Waals surface area (Å²) in [6.07, 6.45) is 0. The predicted molar refractivity (Wildman–Crippen MR) is 54.6 cm³/mol. The normalized spacial score (nSPS) is 10.2. The van der Waals surface area contributed by atoms with Crippen LogP contribution in [-0.2, 0) is 0 Å². The van der Waals surface area contributed by atoms with Gasteiger partial charge >= 0.3 is 0 Å². The summed E-state index contributed by atoms with van der Waals surface area (Å²) in [6.45, 7) is 0. The van der Waals surface area contributed by atoms with Gasteiger partial charge in [-0.3, -0.25) is 4.79 Å². The number of ether oxygens (including phenoxy) is 1. The topological polar surface area (TPSA) is 26.3 Å². The highest BCUT2D eigenvalue weighted by atomic mass is 32.1. The molecule has 0 bridgehead atoms. The molecule has 0 saturated heterocycles. The lowest BCUT2D eigenvalue weighted by Crippen LogP contribution is -1.99. The minimum atomic E-state index is -0.0267. The molecule has 0 saturated carbocycles. The first-order valence-electron chi connectivity index (χ1n) is 3.88. The maximum Gasteiger partial charge on any atom is 0.274 e. The number of rotatable bonds is 1. The van der Waals surface area contributed by atoms with Gasteiger partial charge in [-0.25, -0.2) is 0 Å². The van der Waals surface area contributed by atoms with Crippen LogP contribution in [0.1, 0.15) is 0 Å². The monoisotopic (exact) mass is 192 g/mol. The standard InChI is InChI=1S/C10H8O2S/c1-12-8-6-7-4-2-3-5-9(7)13-10(8)11/h2-6H,1H3. The number of methoxy groups -OCH3 is 1. The van der Waals surface area contributed by atoms with Crippen LogP contribution >= 0.6 is 11.3 Å². The lowest BCUT2D eigenvalue weighted by Gasteiger charge is -1.99. The van der Waals surface area contributed by atoms with Crippen LogP contribution in [0.25, 0.3) is 10.1 Å². The molecule has 2 aromatic rings. The molecule has 0 radical (unpaired) electrons. The minimum absolute atomic E-state index is 0.0267. The van der Waals surface area contributed by atoms with Crippen LogP contribution in [0.3, 0.4) is 0 Å². The molecular formula is C10H8O2S. The molecule has 0 amide bonds. The average molecular weight is 192 g/mol. The van der Waals surface area contributed by atoms with Crippen molar-refractivity contribution in [1.82, 2.24) is 0 Å². The molecule has 0 aliphatic heterocycles. The zero-order chi connectivity index (χ0) is 9.26. The van der Waals surface area contributed by atoms with E-state index in [1.165, 1.54) is 18.4 Å². The van der Waals surface area contributed by atoms with Gasteiger partial charge < -0.3 is 4.74 Å². The summed E-state index contributed by atoms with van der Waals surface area (Å²) in [4.78, 5) is 11.4. The van der Waals surface area contributed by atoms with Gasteiger partial charge in [-0.1, -0.05) is 29.5 Å². The van der Waals surface area contributed by atoms with Gasteiger partial charge in [-0.15, -0.1) is 0 Å². The summed E-state index contributed by atoms with van der Waals surface area (Å²) in [7, 11) is 1.51. The molecule has 13 heavy (non-hydrogen) atoms. The molecular weight excluding hydrogens is 184 g/mol. The van der Waals surface area contributed by atoms with Crippen LogP contribution in [0, 0.1) is 0 Å². The molecule has 0 fully saturated rings. The van der Waals surface area contributed by atoms with Gasteiger partial charge in [0.2, 0.25) is 0 Å². The smallest absolute Gasteiger partial charge is 0.274 e. The summed E-state index contributed by atoms with van der Waals surface area (Å²) in [5, 5.41) is 1.05. The van der Waals surface area contributed by atoms with E-state index in [1.54, 1.807) is 6.07 Å². The van der Waals surface area contributed by atoms with Crippen LogP contribution in [0.4, 0.5) is 0 Å². The Hall–Kier alpha value is -1.35. The number of fused-ring (bicyclic) bond motifs is 1. The third kappa shape index (κ3) is 1.42. The van der Waals surface area contributed by atoms with E-state index in [2.05, 4.69) is 0 Å². The van der Waals surface area contributed by atoms with Gasteiger partial charge in [0.25, 0.3) is 4.74 Å². The Bertz CT molecular complexity index is 487. The summed E-state index contributed by atoms with van der Waals surface area (Å²) >= 11 is 1.21. The predicted octanol–water partition coefficient (Wildman–Crippen LogP) is 2.27. The molecule has 3 heteroatoms. The van der Waals surface area contributed by atoms with Gasteiger partial charge in [-0.2, -0.15) is 0 Å². The van der Waals surface area contributed by atoms with Crippen molar-refractivity contribution in [1.29, 1.82) is 0 Å². The van der Waals surface area contributed by atoms with Gasteiger partial charge in [0, 0.05) is 4.70 Å². The van der Waals surface area contributed by atoms with Crippen molar-refractivity contribution >= 4 is 21.4 Å². The largest absolute Gasteiger partial charge is 0.492 e. The van der Waals surface area contributed by atoms with Crippen LogP contribution < -0.4 is 9.48 Å². The van der Waals surface area contributed by atoms with Crippen molar-refractivity contribution in [2.45, 2.75) is 0 Å². The van der Waals surface area contributed by atoms with Crippen molar-refractivity contribution in [3.05, 3.63) is 39.9 Å². The van der Waals surface area contributed by atoms with E-state index in [4.69, 9.17) is 4.74 Å². The van der Waals surface area contributed by atoms with Crippen LogP contribution in [-0.4, -0.2) is 7.11 Å². The Morgan fingerprint density at radius 3 is 2.85 bits per heavy atom. The Balaban J connectivity index is 2.81. The summed E-state index contributed by atoms with van der Waals surface area (Å²) in [5.74, 6) is 0.420. The maximum atomic E-state index is 11.4. The zero-order valence-electron chi connectivity index (χ0n) is 7.11. The van der Waals surface area contributed by atoms with E-state index in [0.29, 0.717) is 5.75 Å². The van der Waals surface area contributed by atoms with Crippen LogP contribution in [0.2, 0.25) is 0 Å². The van der Waals surface area contributed by atoms with Crippen LogP contribution in [0.5, 0.6) is 5.75 Å². The molecule has 0 aliphatic carbocycles. The second kappa shape index (κ2) is 3.18. The van der Waals surface area contributed by atoms with Crippen molar-refractivity contribution in [2.24, 2.45) is 0 Å². The van der Waals surface area contributed by atoms with Crippen molar-refractivity contribution < 1.29 is 4.74 Å². The van der Waals surface area contributed by atoms with Gasteiger partial charge in [0.1, 0.15) is 0 Å². The highest BCUT2D eigenvalue weighted by Gasteiger charge is 2.01. The molecule has 1 heterocycles. The highest BCUT2D eigenvalue weighted by Crippen LogP contribution is 2.19. The molecule has 0 N–H and O–H groups in total. The molecule has 2 nitrogen and oxygen atoms in total. The Kier molecular flexibility index (Phi) is 2.02. The van der Waals surface area contributed by atoms with Crippen LogP contribution in [0.15, 0.2) is 35.1 Å². The second-order valence-electron chi connectivity index (χ2n) is 2.64.